The quantitative estimate of drug-likeness (QED) is 0.738. The molecule has 0 spiro atoms. The molecule has 2 amide bonds. The lowest BCUT2D eigenvalue weighted by Gasteiger charge is -2.22. The number of amides is 2. The van der Waals surface area contributed by atoms with Crippen molar-refractivity contribution >= 4 is 23.3 Å². The summed E-state index contributed by atoms with van der Waals surface area (Å²) in [5.41, 5.74) is 0.524. The Morgan fingerprint density at radius 3 is 2.52 bits per heavy atom. The number of alkyl halides is 3. The van der Waals surface area contributed by atoms with Gasteiger partial charge in [0.1, 0.15) is 0 Å². The van der Waals surface area contributed by atoms with Crippen LogP contribution in [0.15, 0.2) is 42.5 Å². The summed E-state index contributed by atoms with van der Waals surface area (Å²) in [6.07, 6.45) is -4.44. The Morgan fingerprint density at radius 1 is 1.12 bits per heavy atom. The van der Waals surface area contributed by atoms with E-state index in [9.17, 15) is 18.0 Å². The van der Waals surface area contributed by atoms with E-state index in [-0.39, 0.29) is 11.6 Å². The number of hydrogen-bond donors (Lipinski definition) is 0. The first-order chi connectivity index (χ1) is 11.8. The number of hydrogen-bond acceptors (Lipinski definition) is 1. The number of anilines is 1. The standard InChI is InChI=1S/C18H16ClF3N2O/c1-12-15(18(20,21)22)6-3-7-16(12)24-9-8-23(17(24)25)11-13-4-2-5-14(19)10-13/h2-7,10H,8-9,11H2,1H3. The molecule has 0 radical (unpaired) electrons. The van der Waals surface area contributed by atoms with E-state index >= 15 is 0 Å². The highest BCUT2D eigenvalue weighted by atomic mass is 35.5. The maximum atomic E-state index is 13.1. The van der Waals surface area contributed by atoms with Gasteiger partial charge in [-0.2, -0.15) is 13.2 Å². The molecular formula is C18H16ClF3N2O. The van der Waals surface area contributed by atoms with E-state index in [2.05, 4.69) is 0 Å². The van der Waals surface area contributed by atoms with Gasteiger partial charge in [0.2, 0.25) is 0 Å². The molecule has 1 heterocycles. The van der Waals surface area contributed by atoms with Crippen molar-refractivity contribution in [2.75, 3.05) is 18.0 Å². The number of carbonyl (C=O) groups excluding carboxylic acids is 1. The van der Waals surface area contributed by atoms with E-state index in [1.165, 1.54) is 17.9 Å². The van der Waals surface area contributed by atoms with Gasteiger partial charge in [0, 0.05) is 30.3 Å². The Labute approximate surface area is 148 Å². The largest absolute Gasteiger partial charge is 0.416 e. The van der Waals surface area contributed by atoms with Crippen LogP contribution in [0.5, 0.6) is 0 Å². The van der Waals surface area contributed by atoms with Gasteiger partial charge in [-0.3, -0.25) is 4.90 Å². The zero-order valence-corrected chi connectivity index (χ0v) is 14.2. The van der Waals surface area contributed by atoms with Gasteiger partial charge < -0.3 is 4.90 Å². The number of urea groups is 1. The summed E-state index contributed by atoms with van der Waals surface area (Å²) in [6, 6.07) is 10.8. The topological polar surface area (TPSA) is 23.6 Å². The van der Waals surface area contributed by atoms with Gasteiger partial charge in [0.25, 0.3) is 0 Å². The minimum atomic E-state index is -4.44. The van der Waals surface area contributed by atoms with Crippen molar-refractivity contribution in [2.24, 2.45) is 0 Å². The first kappa shape index (κ1) is 17.6. The molecule has 3 nitrogen and oxygen atoms in total. The van der Waals surface area contributed by atoms with Gasteiger partial charge in [0.05, 0.1) is 5.56 Å². The van der Waals surface area contributed by atoms with Crippen LogP contribution in [0, 0.1) is 6.92 Å². The van der Waals surface area contributed by atoms with E-state index in [1.54, 1.807) is 29.2 Å². The molecule has 1 aliphatic heterocycles. The lowest BCUT2D eigenvalue weighted by Crippen LogP contribution is -2.32. The first-order valence-corrected chi connectivity index (χ1v) is 8.13. The average molecular weight is 369 g/mol. The van der Waals surface area contributed by atoms with Crippen molar-refractivity contribution < 1.29 is 18.0 Å². The maximum Gasteiger partial charge on any atom is 0.416 e. The minimum absolute atomic E-state index is 0.0629. The molecule has 1 aliphatic rings. The summed E-state index contributed by atoms with van der Waals surface area (Å²) in [5.74, 6) is 0. The zero-order chi connectivity index (χ0) is 18.2. The Morgan fingerprint density at radius 2 is 1.84 bits per heavy atom. The smallest absolute Gasteiger partial charge is 0.318 e. The van der Waals surface area contributed by atoms with Crippen LogP contribution in [-0.4, -0.2) is 24.0 Å². The van der Waals surface area contributed by atoms with Crippen molar-refractivity contribution in [3.05, 3.63) is 64.2 Å². The fraction of sp³-hybridized carbons (Fsp3) is 0.278. The Balaban J connectivity index is 1.83. The summed E-state index contributed by atoms with van der Waals surface area (Å²) in [5, 5.41) is 0.578. The van der Waals surface area contributed by atoms with Gasteiger partial charge in [0.15, 0.2) is 0 Å². The monoisotopic (exact) mass is 368 g/mol. The lowest BCUT2D eigenvalue weighted by atomic mass is 10.1. The molecule has 0 unspecified atom stereocenters. The van der Waals surface area contributed by atoms with Crippen LogP contribution in [0.1, 0.15) is 16.7 Å². The molecule has 1 saturated heterocycles. The third kappa shape index (κ3) is 3.58. The third-order valence-corrected chi connectivity index (χ3v) is 4.49. The second-order valence-electron chi connectivity index (χ2n) is 5.93. The van der Waals surface area contributed by atoms with Crippen LogP contribution < -0.4 is 4.90 Å². The van der Waals surface area contributed by atoms with Gasteiger partial charge in [-0.25, -0.2) is 4.79 Å². The Hall–Kier alpha value is -2.21. The van der Waals surface area contributed by atoms with E-state index in [0.717, 1.165) is 11.6 Å². The summed E-state index contributed by atoms with van der Waals surface area (Å²) >= 11 is 5.95. The molecule has 132 valence electrons. The van der Waals surface area contributed by atoms with E-state index < -0.39 is 11.7 Å². The van der Waals surface area contributed by atoms with Gasteiger partial charge in [-0.1, -0.05) is 29.8 Å². The molecule has 3 rings (SSSR count). The van der Waals surface area contributed by atoms with Crippen molar-refractivity contribution in [2.45, 2.75) is 19.6 Å². The predicted molar refractivity (Wildman–Crippen MR) is 90.8 cm³/mol. The normalized spacial score (nSPS) is 15.2. The third-order valence-electron chi connectivity index (χ3n) is 4.26. The van der Waals surface area contributed by atoms with Crippen molar-refractivity contribution in [3.63, 3.8) is 0 Å². The van der Waals surface area contributed by atoms with Gasteiger partial charge in [-0.05, 0) is 42.3 Å². The SMILES string of the molecule is Cc1c(N2CCN(Cc3cccc(Cl)c3)C2=O)cccc1C(F)(F)F. The number of halogens is 4. The van der Waals surface area contributed by atoms with Crippen LogP contribution in [0.4, 0.5) is 23.7 Å². The van der Waals surface area contributed by atoms with E-state index in [0.29, 0.717) is 30.3 Å². The number of benzene rings is 2. The molecule has 0 atom stereocenters. The molecule has 1 fully saturated rings. The van der Waals surface area contributed by atoms with Gasteiger partial charge >= 0.3 is 12.2 Å². The molecule has 2 aromatic rings. The highest BCUT2D eigenvalue weighted by Crippen LogP contribution is 2.36. The molecule has 25 heavy (non-hydrogen) atoms. The van der Waals surface area contributed by atoms with Crippen LogP contribution in [0.25, 0.3) is 0 Å². The van der Waals surface area contributed by atoms with Crippen LogP contribution in [-0.2, 0) is 12.7 Å². The Bertz CT molecular complexity index is 807. The Kier molecular flexibility index (Phi) is 4.64. The fourth-order valence-electron chi connectivity index (χ4n) is 3.03. The highest BCUT2D eigenvalue weighted by molar-refractivity contribution is 6.30. The molecule has 2 aromatic carbocycles. The van der Waals surface area contributed by atoms with Crippen molar-refractivity contribution in [3.8, 4) is 0 Å². The van der Waals surface area contributed by atoms with E-state index in [1.807, 2.05) is 6.07 Å². The highest BCUT2D eigenvalue weighted by Gasteiger charge is 2.36. The number of rotatable bonds is 3. The van der Waals surface area contributed by atoms with Gasteiger partial charge in [-0.15, -0.1) is 0 Å². The summed E-state index contributed by atoms with van der Waals surface area (Å²) in [4.78, 5) is 15.6. The van der Waals surface area contributed by atoms with Crippen LogP contribution in [0.3, 0.4) is 0 Å². The minimum Gasteiger partial charge on any atom is -0.318 e. The second kappa shape index (κ2) is 6.59. The van der Waals surface area contributed by atoms with E-state index in [4.69, 9.17) is 11.6 Å². The second-order valence-corrected chi connectivity index (χ2v) is 6.37. The maximum absolute atomic E-state index is 13.1. The van der Waals surface area contributed by atoms with Crippen LogP contribution >= 0.6 is 11.6 Å². The predicted octanol–water partition coefficient (Wildman–Crippen LogP) is 5.11. The summed E-state index contributed by atoms with van der Waals surface area (Å²) < 4.78 is 39.3. The molecule has 0 aliphatic carbocycles. The molecule has 0 bridgehead atoms. The lowest BCUT2D eigenvalue weighted by molar-refractivity contribution is -0.138. The summed E-state index contributed by atoms with van der Waals surface area (Å²) in [7, 11) is 0. The zero-order valence-electron chi connectivity index (χ0n) is 13.5. The van der Waals surface area contributed by atoms with Crippen molar-refractivity contribution in [1.82, 2.24) is 4.90 Å². The average Bonchev–Trinajstić information content (AvgIpc) is 2.87. The molecular weight excluding hydrogens is 353 g/mol. The molecule has 7 heteroatoms. The molecule has 0 N–H and O–H groups in total. The fourth-order valence-corrected chi connectivity index (χ4v) is 3.24. The summed E-state index contributed by atoms with van der Waals surface area (Å²) in [6.45, 7) is 2.56. The molecule has 0 aromatic heterocycles. The van der Waals surface area contributed by atoms with Crippen LogP contribution in [0.2, 0.25) is 5.02 Å². The number of nitrogens with zero attached hydrogens (tertiary/aromatic N) is 2. The first-order valence-electron chi connectivity index (χ1n) is 7.75. The van der Waals surface area contributed by atoms with Crippen molar-refractivity contribution in [1.29, 1.82) is 0 Å². The molecule has 0 saturated carbocycles. The number of carbonyl (C=O) groups is 1.